The molecule has 2 aliphatic heterocycles. The van der Waals surface area contributed by atoms with E-state index in [0.29, 0.717) is 19.3 Å². The number of carbonyl (C=O) groups is 2. The van der Waals surface area contributed by atoms with E-state index in [9.17, 15) is 45.3 Å². The zero-order chi connectivity index (χ0) is 49.6. The minimum atomic E-state index is -1.78. The molecule has 15 heteroatoms. The number of aliphatic hydroxyl groups excluding tert-OH is 7. The van der Waals surface area contributed by atoms with Crippen LogP contribution in [-0.2, 0) is 38.0 Å². The number of esters is 2. The molecular formula is C53H88O15. The summed E-state index contributed by atoms with van der Waals surface area (Å²) in [7, 11) is 0. The van der Waals surface area contributed by atoms with Crippen molar-refractivity contribution in [2.24, 2.45) is 0 Å². The van der Waals surface area contributed by atoms with Gasteiger partial charge in [-0.25, -0.2) is 0 Å². The van der Waals surface area contributed by atoms with Gasteiger partial charge in [-0.2, -0.15) is 0 Å². The topological polar surface area (TPSA) is 231 Å². The number of unbranched alkanes of at least 4 members (excludes halogenated alkanes) is 12. The number of rotatable bonds is 38. The Labute approximate surface area is 406 Å². The van der Waals surface area contributed by atoms with E-state index < -0.39 is 99.3 Å². The summed E-state index contributed by atoms with van der Waals surface area (Å²) in [4.78, 5) is 25.7. The highest BCUT2D eigenvalue weighted by atomic mass is 16.7. The molecule has 2 saturated heterocycles. The van der Waals surface area contributed by atoms with E-state index in [1.165, 1.54) is 57.8 Å². The lowest BCUT2D eigenvalue weighted by atomic mass is 9.98. The van der Waals surface area contributed by atoms with Crippen molar-refractivity contribution >= 4 is 11.9 Å². The molecule has 2 heterocycles. The zero-order valence-corrected chi connectivity index (χ0v) is 41.1. The van der Waals surface area contributed by atoms with Crippen LogP contribution in [0.5, 0.6) is 0 Å². The average molecular weight is 965 g/mol. The molecule has 2 rings (SSSR count). The Morgan fingerprint density at radius 2 is 0.926 bits per heavy atom. The normalized spacial score (nSPS) is 26.4. The number of hydrogen-bond donors (Lipinski definition) is 7. The van der Waals surface area contributed by atoms with E-state index in [2.05, 4.69) is 74.6 Å². The van der Waals surface area contributed by atoms with Gasteiger partial charge >= 0.3 is 11.9 Å². The minimum Gasteiger partial charge on any atom is -0.462 e. The van der Waals surface area contributed by atoms with Gasteiger partial charge in [0.25, 0.3) is 0 Å². The third kappa shape index (κ3) is 27.4. The zero-order valence-electron chi connectivity index (χ0n) is 41.1. The third-order valence-corrected chi connectivity index (χ3v) is 11.7. The van der Waals surface area contributed by atoms with E-state index in [-0.39, 0.29) is 19.4 Å². The van der Waals surface area contributed by atoms with Gasteiger partial charge in [0.1, 0.15) is 55.4 Å². The number of hydrogen-bond acceptors (Lipinski definition) is 15. The maximum Gasteiger partial charge on any atom is 0.306 e. The van der Waals surface area contributed by atoms with Crippen molar-refractivity contribution in [3.8, 4) is 0 Å². The standard InChI is InChI=1S/C53H88O15/c1-3-5-7-9-11-13-15-17-18-19-20-21-22-24-26-28-30-32-34-36-45(56)66-41(38-63-44(55)35-33-31-29-27-25-23-16-14-12-10-8-6-4-2)39-64-52-51(62)49(60)47(58)43(68-52)40-65-53-50(61)48(59)46(57)42(37-54)67-53/h5,7,11,13,17-18,20-21,24,26,30,32,41-43,46-54,57-62H,3-4,6,8-10,12,14-16,19,22-23,25,27-29,31,33-40H2,1-2H3/b7-5+,13-11+,18-17+,21-20+,26-24+,32-30+/t41-,42+,43+,46-,47-,48?,49?,50?,51?,52+,53+/m1/s1. The minimum absolute atomic E-state index is 0.0381. The molecule has 0 amide bonds. The van der Waals surface area contributed by atoms with Gasteiger partial charge in [0.2, 0.25) is 0 Å². The fraction of sp³-hybridized carbons (Fsp3) is 0.736. The fourth-order valence-electron chi connectivity index (χ4n) is 7.54. The van der Waals surface area contributed by atoms with Crippen LogP contribution in [0.4, 0.5) is 0 Å². The molecule has 11 atom stereocenters. The quantitative estimate of drug-likeness (QED) is 0.0187. The Morgan fingerprint density at radius 1 is 0.485 bits per heavy atom. The molecule has 0 aromatic rings. The van der Waals surface area contributed by atoms with Crippen LogP contribution in [0.15, 0.2) is 72.9 Å². The highest BCUT2D eigenvalue weighted by Gasteiger charge is 2.47. The number of allylic oxidation sites excluding steroid dienone is 12. The second kappa shape index (κ2) is 39.6. The maximum atomic E-state index is 13.0. The second-order valence-corrected chi connectivity index (χ2v) is 17.6. The number of ether oxygens (including phenoxy) is 6. The van der Waals surface area contributed by atoms with Gasteiger partial charge < -0.3 is 64.2 Å². The Kier molecular flexibility index (Phi) is 35.6. The SMILES string of the molecule is CC/C=C/C/C=C/C/C=C/C/C=C/C/C=C/C/C=C/CCC(=O)O[C@H](COC(=O)CCCCCCCCCCCCCCC)CO[C@H]1O[C@@H](CO[C@H]2O[C@@H](CO)[C@@H](O)C(O)C2O)[C@@H](O)C(O)C1O. The first-order valence-corrected chi connectivity index (χ1v) is 25.5. The van der Waals surface area contributed by atoms with Crippen molar-refractivity contribution in [2.75, 3.05) is 26.4 Å². The number of aliphatic hydroxyl groups is 7. The lowest BCUT2D eigenvalue weighted by Gasteiger charge is -2.42. The summed E-state index contributed by atoms with van der Waals surface area (Å²) in [6.45, 7) is 2.38. The molecule has 15 nitrogen and oxygen atoms in total. The molecule has 0 aromatic carbocycles. The van der Waals surface area contributed by atoms with Crippen LogP contribution in [0.1, 0.15) is 155 Å². The molecule has 0 aliphatic carbocycles. The lowest BCUT2D eigenvalue weighted by Crippen LogP contribution is -2.61. The lowest BCUT2D eigenvalue weighted by molar-refractivity contribution is -0.332. The van der Waals surface area contributed by atoms with E-state index >= 15 is 0 Å². The van der Waals surface area contributed by atoms with E-state index in [1.807, 2.05) is 12.2 Å². The third-order valence-electron chi connectivity index (χ3n) is 11.7. The molecule has 4 unspecified atom stereocenters. The summed E-state index contributed by atoms with van der Waals surface area (Å²) in [5.74, 6) is -1.03. The molecule has 0 radical (unpaired) electrons. The summed E-state index contributed by atoms with van der Waals surface area (Å²) >= 11 is 0. The average Bonchev–Trinajstić information content (AvgIpc) is 3.33. The van der Waals surface area contributed by atoms with Crippen LogP contribution in [0, 0.1) is 0 Å². The largest absolute Gasteiger partial charge is 0.462 e. The number of carbonyl (C=O) groups excluding carboxylic acids is 2. The first-order chi connectivity index (χ1) is 33.0. The highest BCUT2D eigenvalue weighted by molar-refractivity contribution is 5.70. The Bertz CT molecular complexity index is 1460. The molecule has 0 bridgehead atoms. The van der Waals surface area contributed by atoms with Crippen LogP contribution in [0.2, 0.25) is 0 Å². The summed E-state index contributed by atoms with van der Waals surface area (Å²) in [6, 6.07) is 0. The maximum absolute atomic E-state index is 13.0. The van der Waals surface area contributed by atoms with Crippen molar-refractivity contribution in [1.29, 1.82) is 0 Å². The van der Waals surface area contributed by atoms with E-state index in [4.69, 9.17) is 28.4 Å². The first kappa shape index (κ1) is 61.1. The second-order valence-electron chi connectivity index (χ2n) is 17.6. The predicted octanol–water partition coefficient (Wildman–Crippen LogP) is 7.04. The Morgan fingerprint density at radius 3 is 1.43 bits per heavy atom. The monoisotopic (exact) mass is 965 g/mol. The van der Waals surface area contributed by atoms with Gasteiger partial charge in [0, 0.05) is 12.8 Å². The molecular weight excluding hydrogens is 877 g/mol. The Hall–Kier alpha value is -3.06. The Balaban J connectivity index is 1.85. The van der Waals surface area contributed by atoms with Gasteiger partial charge in [-0.1, -0.05) is 164 Å². The van der Waals surface area contributed by atoms with Crippen LogP contribution < -0.4 is 0 Å². The van der Waals surface area contributed by atoms with Crippen molar-refractivity contribution in [2.45, 2.75) is 223 Å². The van der Waals surface area contributed by atoms with Gasteiger partial charge in [0.15, 0.2) is 18.7 Å². The van der Waals surface area contributed by atoms with Crippen LogP contribution in [-0.4, -0.2) is 142 Å². The molecule has 2 fully saturated rings. The van der Waals surface area contributed by atoms with Gasteiger partial charge in [0.05, 0.1) is 19.8 Å². The molecule has 2 aliphatic rings. The van der Waals surface area contributed by atoms with Crippen LogP contribution in [0.3, 0.4) is 0 Å². The molecule has 0 aromatic heterocycles. The molecule has 68 heavy (non-hydrogen) atoms. The van der Waals surface area contributed by atoms with E-state index in [1.54, 1.807) is 0 Å². The summed E-state index contributed by atoms with van der Waals surface area (Å²) in [5.41, 5.74) is 0. The molecule has 0 saturated carbocycles. The van der Waals surface area contributed by atoms with Gasteiger partial charge in [-0.15, -0.1) is 0 Å². The van der Waals surface area contributed by atoms with Crippen LogP contribution >= 0.6 is 0 Å². The summed E-state index contributed by atoms with van der Waals surface area (Å²) in [5, 5.41) is 72.0. The molecule has 7 N–H and O–H groups in total. The summed E-state index contributed by atoms with van der Waals surface area (Å²) in [6.07, 6.45) is 29.4. The molecule has 0 spiro atoms. The van der Waals surface area contributed by atoms with Gasteiger partial charge in [-0.3, -0.25) is 9.59 Å². The van der Waals surface area contributed by atoms with Crippen molar-refractivity contribution in [3.63, 3.8) is 0 Å². The highest BCUT2D eigenvalue weighted by Crippen LogP contribution is 2.26. The first-order valence-electron chi connectivity index (χ1n) is 25.5. The van der Waals surface area contributed by atoms with Gasteiger partial charge in [-0.05, 0) is 51.4 Å². The fourth-order valence-corrected chi connectivity index (χ4v) is 7.54. The summed E-state index contributed by atoms with van der Waals surface area (Å²) < 4.78 is 33.5. The van der Waals surface area contributed by atoms with Crippen LogP contribution in [0.25, 0.3) is 0 Å². The van der Waals surface area contributed by atoms with Crippen molar-refractivity contribution in [3.05, 3.63) is 72.9 Å². The van der Waals surface area contributed by atoms with E-state index in [0.717, 1.165) is 51.4 Å². The van der Waals surface area contributed by atoms with Crippen molar-refractivity contribution < 1.29 is 73.8 Å². The predicted molar refractivity (Wildman–Crippen MR) is 261 cm³/mol. The smallest absolute Gasteiger partial charge is 0.306 e. The van der Waals surface area contributed by atoms with Crippen molar-refractivity contribution in [1.82, 2.24) is 0 Å². The molecule has 390 valence electrons.